The summed E-state index contributed by atoms with van der Waals surface area (Å²) < 4.78 is 0. The fourth-order valence-electron chi connectivity index (χ4n) is 2.51. The lowest BCUT2D eigenvalue weighted by molar-refractivity contribution is -0.124. The number of hydrogen-bond donors (Lipinski definition) is 0. The molecule has 0 bridgehead atoms. The highest BCUT2D eigenvalue weighted by Crippen LogP contribution is 2.27. The molecular weight excluding hydrogens is 230 g/mol. The number of rotatable bonds is 5. The van der Waals surface area contributed by atoms with Gasteiger partial charge in [-0.3, -0.25) is 9.69 Å². The topological polar surface area (TPSA) is 20.3 Å². The van der Waals surface area contributed by atoms with Crippen LogP contribution >= 0.6 is 11.3 Å². The summed E-state index contributed by atoms with van der Waals surface area (Å²) in [4.78, 5) is 15.6. The molecule has 0 aromatic carbocycles. The molecule has 1 fully saturated rings. The van der Waals surface area contributed by atoms with E-state index in [9.17, 15) is 4.79 Å². The molecule has 2 nitrogen and oxygen atoms in total. The Kier molecular flexibility index (Phi) is 4.35. The minimum Gasteiger partial charge on any atom is -0.298 e. The first-order valence-corrected chi connectivity index (χ1v) is 7.33. The molecule has 0 amide bonds. The van der Waals surface area contributed by atoms with Crippen LogP contribution in [0.4, 0.5) is 0 Å². The molecule has 0 N–H and O–H groups in total. The van der Waals surface area contributed by atoms with Gasteiger partial charge in [0.15, 0.2) is 0 Å². The van der Waals surface area contributed by atoms with E-state index in [4.69, 9.17) is 0 Å². The number of likely N-dealkylation sites (N-methyl/N-ethyl adjacent to an activating group) is 1. The standard InChI is InChI=1S/C14H21NOS/c1-11(14-8-5-9-17-14)15(2)10-13(16)12-6-3-4-7-12/h5,8-9,11-12H,3-4,6-7,10H2,1-2H3. The molecule has 94 valence electrons. The molecule has 1 aliphatic rings. The van der Waals surface area contributed by atoms with E-state index in [0.717, 1.165) is 12.8 Å². The van der Waals surface area contributed by atoms with Gasteiger partial charge >= 0.3 is 0 Å². The van der Waals surface area contributed by atoms with E-state index < -0.39 is 0 Å². The molecule has 1 aromatic heterocycles. The number of carbonyl (C=O) groups is 1. The number of Topliss-reactive ketones (excluding diaryl/α,β-unsaturated/α-hetero) is 1. The van der Waals surface area contributed by atoms with Crippen molar-refractivity contribution in [2.75, 3.05) is 13.6 Å². The monoisotopic (exact) mass is 251 g/mol. The first-order chi connectivity index (χ1) is 8.18. The molecule has 1 unspecified atom stereocenters. The van der Waals surface area contributed by atoms with E-state index in [0.29, 0.717) is 24.3 Å². The minimum atomic E-state index is 0.341. The normalized spacial score (nSPS) is 18.8. The van der Waals surface area contributed by atoms with Crippen molar-refractivity contribution in [1.29, 1.82) is 0 Å². The first-order valence-electron chi connectivity index (χ1n) is 6.45. The van der Waals surface area contributed by atoms with Crippen LogP contribution in [0, 0.1) is 5.92 Å². The first kappa shape index (κ1) is 12.8. The maximum atomic E-state index is 12.1. The second-order valence-electron chi connectivity index (χ2n) is 5.05. The lowest BCUT2D eigenvalue weighted by atomic mass is 10.0. The third-order valence-corrected chi connectivity index (χ3v) is 4.87. The minimum absolute atomic E-state index is 0.341. The molecule has 1 aliphatic carbocycles. The Morgan fingerprint density at radius 1 is 1.53 bits per heavy atom. The Labute approximate surface area is 108 Å². The molecule has 0 aliphatic heterocycles. The SMILES string of the molecule is CC(c1cccs1)N(C)CC(=O)C1CCCC1. The Morgan fingerprint density at radius 3 is 2.82 bits per heavy atom. The highest BCUT2D eigenvalue weighted by molar-refractivity contribution is 7.10. The summed E-state index contributed by atoms with van der Waals surface area (Å²) in [6.07, 6.45) is 4.70. The molecule has 0 spiro atoms. The van der Waals surface area contributed by atoms with E-state index in [-0.39, 0.29) is 0 Å². The van der Waals surface area contributed by atoms with Crippen LogP contribution < -0.4 is 0 Å². The molecular formula is C14H21NOS. The van der Waals surface area contributed by atoms with Crippen molar-refractivity contribution in [3.8, 4) is 0 Å². The predicted molar refractivity (Wildman–Crippen MR) is 72.3 cm³/mol. The van der Waals surface area contributed by atoms with Crippen LogP contribution in [-0.2, 0) is 4.79 Å². The van der Waals surface area contributed by atoms with Gasteiger partial charge in [0.1, 0.15) is 5.78 Å². The maximum absolute atomic E-state index is 12.1. The maximum Gasteiger partial charge on any atom is 0.149 e. The number of ketones is 1. The van der Waals surface area contributed by atoms with Crippen molar-refractivity contribution in [3.63, 3.8) is 0 Å². The van der Waals surface area contributed by atoms with Crippen LogP contribution in [0.5, 0.6) is 0 Å². The Morgan fingerprint density at radius 2 is 2.24 bits per heavy atom. The van der Waals surface area contributed by atoms with Gasteiger partial charge in [-0.1, -0.05) is 18.9 Å². The average molecular weight is 251 g/mol. The lowest BCUT2D eigenvalue weighted by Gasteiger charge is -2.24. The highest BCUT2D eigenvalue weighted by atomic mass is 32.1. The molecule has 1 aromatic rings. The van der Waals surface area contributed by atoms with Gasteiger partial charge in [0.2, 0.25) is 0 Å². The summed E-state index contributed by atoms with van der Waals surface area (Å²) in [6.45, 7) is 2.78. The number of nitrogens with zero attached hydrogens (tertiary/aromatic N) is 1. The largest absolute Gasteiger partial charge is 0.298 e. The fraction of sp³-hybridized carbons (Fsp3) is 0.643. The molecule has 2 rings (SSSR count). The quantitative estimate of drug-likeness (QED) is 0.798. The number of carbonyl (C=O) groups excluding carboxylic acids is 1. The van der Waals surface area contributed by atoms with Crippen LogP contribution in [-0.4, -0.2) is 24.3 Å². The predicted octanol–water partition coefficient (Wildman–Crippen LogP) is 3.50. The zero-order valence-electron chi connectivity index (χ0n) is 10.7. The van der Waals surface area contributed by atoms with Crippen molar-refractivity contribution in [2.24, 2.45) is 5.92 Å². The van der Waals surface area contributed by atoms with E-state index in [1.54, 1.807) is 11.3 Å². The van der Waals surface area contributed by atoms with E-state index in [1.165, 1.54) is 17.7 Å². The fourth-order valence-corrected chi connectivity index (χ4v) is 3.35. The van der Waals surface area contributed by atoms with Crippen LogP contribution in [0.3, 0.4) is 0 Å². The summed E-state index contributed by atoms with van der Waals surface area (Å²) in [5, 5.41) is 2.10. The van der Waals surface area contributed by atoms with Crippen molar-refractivity contribution in [2.45, 2.75) is 38.6 Å². The average Bonchev–Trinajstić information content (AvgIpc) is 3.00. The van der Waals surface area contributed by atoms with Gasteiger partial charge in [-0.2, -0.15) is 0 Å². The van der Waals surface area contributed by atoms with E-state index in [2.05, 4.69) is 36.4 Å². The van der Waals surface area contributed by atoms with Crippen molar-refractivity contribution < 1.29 is 4.79 Å². The van der Waals surface area contributed by atoms with Crippen molar-refractivity contribution >= 4 is 17.1 Å². The van der Waals surface area contributed by atoms with Crippen molar-refractivity contribution in [3.05, 3.63) is 22.4 Å². The summed E-state index contributed by atoms with van der Waals surface area (Å²) >= 11 is 1.77. The van der Waals surface area contributed by atoms with Gasteiger partial charge in [-0.15, -0.1) is 11.3 Å². The Balaban J connectivity index is 1.87. The molecule has 1 heterocycles. The molecule has 17 heavy (non-hydrogen) atoms. The summed E-state index contributed by atoms with van der Waals surface area (Å²) in [5.41, 5.74) is 0. The summed E-state index contributed by atoms with van der Waals surface area (Å²) in [6, 6.07) is 4.56. The number of hydrogen-bond acceptors (Lipinski definition) is 3. The molecule has 3 heteroatoms. The molecule has 0 saturated heterocycles. The van der Waals surface area contributed by atoms with Crippen LogP contribution in [0.2, 0.25) is 0 Å². The smallest absolute Gasteiger partial charge is 0.149 e. The molecule has 1 saturated carbocycles. The van der Waals surface area contributed by atoms with Gasteiger partial charge in [-0.05, 0) is 38.3 Å². The van der Waals surface area contributed by atoms with Crippen LogP contribution in [0.1, 0.15) is 43.5 Å². The van der Waals surface area contributed by atoms with Crippen LogP contribution in [0.15, 0.2) is 17.5 Å². The third-order valence-electron chi connectivity index (χ3n) is 3.83. The zero-order valence-corrected chi connectivity index (χ0v) is 11.5. The van der Waals surface area contributed by atoms with Gasteiger partial charge in [0.05, 0.1) is 6.54 Å². The van der Waals surface area contributed by atoms with Crippen molar-refractivity contribution in [1.82, 2.24) is 4.90 Å². The van der Waals surface area contributed by atoms with Gasteiger partial charge in [0, 0.05) is 16.8 Å². The Hall–Kier alpha value is -0.670. The Bertz CT molecular complexity index is 354. The van der Waals surface area contributed by atoms with Gasteiger partial charge < -0.3 is 0 Å². The van der Waals surface area contributed by atoms with E-state index >= 15 is 0 Å². The van der Waals surface area contributed by atoms with Gasteiger partial charge in [0.25, 0.3) is 0 Å². The lowest BCUT2D eigenvalue weighted by Crippen LogP contribution is -2.31. The van der Waals surface area contributed by atoms with E-state index in [1.807, 2.05) is 0 Å². The third kappa shape index (κ3) is 3.17. The van der Waals surface area contributed by atoms with Gasteiger partial charge in [-0.25, -0.2) is 0 Å². The highest BCUT2D eigenvalue weighted by Gasteiger charge is 2.24. The molecule has 0 radical (unpaired) electrons. The van der Waals surface area contributed by atoms with Crippen LogP contribution in [0.25, 0.3) is 0 Å². The summed E-state index contributed by atoms with van der Waals surface area (Å²) in [5.74, 6) is 0.779. The second-order valence-corrected chi connectivity index (χ2v) is 6.03. The summed E-state index contributed by atoms with van der Waals surface area (Å²) in [7, 11) is 2.05. The number of thiophene rings is 1. The second kappa shape index (κ2) is 5.78. The zero-order chi connectivity index (χ0) is 12.3. The molecule has 1 atom stereocenters.